The van der Waals surface area contributed by atoms with Crippen LogP contribution in [0.5, 0.6) is 5.75 Å². The van der Waals surface area contributed by atoms with Crippen molar-refractivity contribution in [1.82, 2.24) is 15.8 Å². The molecule has 1 unspecified atom stereocenters. The third-order valence-electron chi connectivity index (χ3n) is 4.26. The van der Waals surface area contributed by atoms with Crippen LogP contribution in [0.2, 0.25) is 0 Å². The third kappa shape index (κ3) is 5.89. The summed E-state index contributed by atoms with van der Waals surface area (Å²) in [5.74, 6) is 2.87. The maximum absolute atomic E-state index is 5.38. The van der Waals surface area contributed by atoms with Crippen molar-refractivity contribution in [3.63, 3.8) is 0 Å². The Balaban J connectivity index is 0.00000338. The molecule has 0 bridgehead atoms. The zero-order chi connectivity index (χ0) is 18.2. The van der Waals surface area contributed by atoms with Gasteiger partial charge in [-0.2, -0.15) is 0 Å². The summed E-state index contributed by atoms with van der Waals surface area (Å²) >= 11 is 0. The van der Waals surface area contributed by atoms with Crippen molar-refractivity contribution in [2.24, 2.45) is 4.99 Å². The van der Waals surface area contributed by atoms with Crippen molar-refractivity contribution >= 4 is 29.9 Å². The molecule has 0 aliphatic carbocycles. The van der Waals surface area contributed by atoms with E-state index >= 15 is 0 Å². The summed E-state index contributed by atoms with van der Waals surface area (Å²) in [6.07, 6.45) is 0.865. The Kier molecular flexibility index (Phi) is 9.47. The van der Waals surface area contributed by atoms with Gasteiger partial charge in [0.25, 0.3) is 0 Å². The summed E-state index contributed by atoms with van der Waals surface area (Å²) in [4.78, 5) is 4.28. The average Bonchev–Trinajstić information content (AvgIpc) is 2.96. The van der Waals surface area contributed by atoms with Gasteiger partial charge in [0.1, 0.15) is 11.5 Å². The molecule has 2 rings (SSSR count). The number of nitrogens with zero attached hydrogens (tertiary/aromatic N) is 2. The van der Waals surface area contributed by atoms with Crippen molar-refractivity contribution in [2.45, 2.75) is 33.1 Å². The minimum Gasteiger partial charge on any atom is -0.496 e. The fourth-order valence-electron chi connectivity index (χ4n) is 2.99. The van der Waals surface area contributed by atoms with E-state index in [1.54, 1.807) is 14.2 Å². The van der Waals surface area contributed by atoms with E-state index in [9.17, 15) is 0 Å². The molecule has 0 saturated heterocycles. The fraction of sp³-hybridized carbons (Fsp3) is 0.474. The van der Waals surface area contributed by atoms with E-state index in [2.05, 4.69) is 33.8 Å². The number of nitrogens with one attached hydrogen (secondary N) is 2. The number of methoxy groups -OCH3 is 1. The van der Waals surface area contributed by atoms with Crippen molar-refractivity contribution in [3.8, 4) is 5.75 Å². The number of halogens is 1. The fourth-order valence-corrected chi connectivity index (χ4v) is 2.99. The van der Waals surface area contributed by atoms with Crippen molar-refractivity contribution in [3.05, 3.63) is 46.8 Å². The molecular formula is C19H29IN4O2. The Hall–Kier alpha value is -1.77. The Labute approximate surface area is 172 Å². The number of aryl methyl sites for hydroxylation is 2. The second kappa shape index (κ2) is 11.1. The minimum atomic E-state index is 0. The first kappa shape index (κ1) is 22.3. The SMILES string of the molecule is CN=C(NCCc1ccccc1OC)NCC(C)c1c(C)noc1C.I. The number of guanidine groups is 1. The molecule has 6 nitrogen and oxygen atoms in total. The van der Waals surface area contributed by atoms with Crippen LogP contribution in [0.25, 0.3) is 0 Å². The molecule has 2 N–H and O–H groups in total. The molecule has 1 aromatic heterocycles. The van der Waals surface area contributed by atoms with E-state index in [-0.39, 0.29) is 24.0 Å². The maximum atomic E-state index is 5.38. The second-order valence-corrected chi connectivity index (χ2v) is 6.08. The van der Waals surface area contributed by atoms with Gasteiger partial charge in [-0.1, -0.05) is 30.3 Å². The molecule has 1 aromatic carbocycles. The standard InChI is InChI=1S/C19H28N4O2.HI/c1-13(18-14(2)23-25-15(18)3)12-22-19(20-4)21-11-10-16-8-6-7-9-17(16)24-5;/h6-9,13H,10-12H2,1-5H3,(H2,20,21,22);1H. The molecule has 0 fully saturated rings. The number of para-hydroxylation sites is 1. The van der Waals surface area contributed by atoms with Crippen LogP contribution in [0.4, 0.5) is 0 Å². The number of hydrogen-bond donors (Lipinski definition) is 2. The summed E-state index contributed by atoms with van der Waals surface area (Å²) in [6.45, 7) is 7.62. The van der Waals surface area contributed by atoms with Gasteiger partial charge in [0.15, 0.2) is 5.96 Å². The topological polar surface area (TPSA) is 71.7 Å². The van der Waals surface area contributed by atoms with Gasteiger partial charge < -0.3 is 19.9 Å². The van der Waals surface area contributed by atoms with Crippen molar-refractivity contribution in [1.29, 1.82) is 0 Å². The molecule has 0 aliphatic heterocycles. The van der Waals surface area contributed by atoms with Crippen molar-refractivity contribution < 1.29 is 9.26 Å². The molecule has 1 heterocycles. The maximum Gasteiger partial charge on any atom is 0.191 e. The lowest BCUT2D eigenvalue weighted by Crippen LogP contribution is -2.40. The van der Waals surface area contributed by atoms with Crippen LogP contribution in [0.3, 0.4) is 0 Å². The highest BCUT2D eigenvalue weighted by Crippen LogP contribution is 2.22. The van der Waals surface area contributed by atoms with Crippen LogP contribution < -0.4 is 15.4 Å². The van der Waals surface area contributed by atoms with Gasteiger partial charge in [0.2, 0.25) is 0 Å². The lowest BCUT2D eigenvalue weighted by molar-refractivity contribution is 0.391. The lowest BCUT2D eigenvalue weighted by Gasteiger charge is -2.16. The number of rotatable bonds is 7. The van der Waals surface area contributed by atoms with Crippen LogP contribution in [0, 0.1) is 13.8 Å². The smallest absolute Gasteiger partial charge is 0.191 e. The molecule has 0 saturated carbocycles. The molecule has 1 atom stereocenters. The van der Waals surface area contributed by atoms with Gasteiger partial charge in [0, 0.05) is 31.6 Å². The van der Waals surface area contributed by atoms with Crippen LogP contribution in [-0.4, -0.2) is 38.4 Å². The number of aromatic nitrogens is 1. The Morgan fingerprint density at radius 3 is 2.62 bits per heavy atom. The number of ether oxygens (including phenoxy) is 1. The van der Waals surface area contributed by atoms with Gasteiger partial charge in [-0.05, 0) is 31.9 Å². The summed E-state index contributed by atoms with van der Waals surface area (Å²) in [7, 11) is 3.47. The zero-order valence-electron chi connectivity index (χ0n) is 16.1. The predicted octanol–water partition coefficient (Wildman–Crippen LogP) is 3.43. The second-order valence-electron chi connectivity index (χ2n) is 6.08. The lowest BCUT2D eigenvalue weighted by atomic mass is 10.00. The highest BCUT2D eigenvalue weighted by molar-refractivity contribution is 14.0. The normalized spacial score (nSPS) is 12.3. The molecule has 0 spiro atoms. The molecule has 0 radical (unpaired) electrons. The first-order valence-corrected chi connectivity index (χ1v) is 8.56. The average molecular weight is 472 g/mol. The third-order valence-corrected chi connectivity index (χ3v) is 4.26. The van der Waals surface area contributed by atoms with E-state index < -0.39 is 0 Å². The van der Waals surface area contributed by atoms with E-state index in [1.165, 1.54) is 5.56 Å². The molecule has 0 aliphatic rings. The molecule has 26 heavy (non-hydrogen) atoms. The Morgan fingerprint density at radius 1 is 1.27 bits per heavy atom. The summed E-state index contributed by atoms with van der Waals surface area (Å²) in [5.41, 5.74) is 3.29. The predicted molar refractivity (Wildman–Crippen MR) is 116 cm³/mol. The first-order chi connectivity index (χ1) is 12.1. The number of aliphatic imine (C=N–C) groups is 1. The summed E-state index contributed by atoms with van der Waals surface area (Å²) in [5, 5.41) is 10.7. The quantitative estimate of drug-likeness (QED) is 0.367. The highest BCUT2D eigenvalue weighted by atomic mass is 127. The molecule has 144 valence electrons. The van der Waals surface area contributed by atoms with Crippen LogP contribution in [0.1, 0.15) is 35.4 Å². The van der Waals surface area contributed by atoms with E-state index in [1.807, 2.05) is 32.0 Å². The monoisotopic (exact) mass is 472 g/mol. The van der Waals surface area contributed by atoms with Gasteiger partial charge in [0.05, 0.1) is 12.8 Å². The van der Waals surface area contributed by atoms with Gasteiger partial charge in [-0.15, -0.1) is 24.0 Å². The number of benzene rings is 1. The van der Waals surface area contributed by atoms with E-state index in [4.69, 9.17) is 9.26 Å². The highest BCUT2D eigenvalue weighted by Gasteiger charge is 2.16. The molecule has 2 aromatic rings. The van der Waals surface area contributed by atoms with Gasteiger partial charge in [-0.3, -0.25) is 4.99 Å². The van der Waals surface area contributed by atoms with E-state index in [0.717, 1.165) is 48.2 Å². The number of hydrogen-bond acceptors (Lipinski definition) is 4. The molecule has 0 amide bonds. The van der Waals surface area contributed by atoms with Gasteiger partial charge >= 0.3 is 0 Å². The van der Waals surface area contributed by atoms with Crippen LogP contribution >= 0.6 is 24.0 Å². The first-order valence-electron chi connectivity index (χ1n) is 8.56. The minimum absolute atomic E-state index is 0. The Morgan fingerprint density at radius 2 is 2.00 bits per heavy atom. The van der Waals surface area contributed by atoms with E-state index in [0.29, 0.717) is 5.92 Å². The van der Waals surface area contributed by atoms with Crippen LogP contribution in [0.15, 0.2) is 33.8 Å². The zero-order valence-corrected chi connectivity index (χ0v) is 18.5. The summed E-state index contributed by atoms with van der Waals surface area (Å²) in [6, 6.07) is 8.06. The Bertz CT molecular complexity index is 696. The van der Waals surface area contributed by atoms with Gasteiger partial charge in [-0.25, -0.2) is 0 Å². The summed E-state index contributed by atoms with van der Waals surface area (Å²) < 4.78 is 10.6. The largest absolute Gasteiger partial charge is 0.496 e. The van der Waals surface area contributed by atoms with Crippen LogP contribution in [-0.2, 0) is 6.42 Å². The molecule has 7 heteroatoms. The van der Waals surface area contributed by atoms with Crippen molar-refractivity contribution in [2.75, 3.05) is 27.2 Å². The molecular weight excluding hydrogens is 443 g/mol.